The van der Waals surface area contributed by atoms with Gasteiger partial charge in [-0.1, -0.05) is 6.07 Å². The Hall–Kier alpha value is -0.890. The summed E-state index contributed by atoms with van der Waals surface area (Å²) in [5, 5.41) is 3.40. The van der Waals surface area contributed by atoms with Gasteiger partial charge in [0.15, 0.2) is 0 Å². The molecule has 12 heavy (non-hydrogen) atoms. The van der Waals surface area contributed by atoms with Crippen LogP contribution >= 0.6 is 0 Å². The zero-order valence-electron chi connectivity index (χ0n) is 7.16. The number of pyridine rings is 1. The predicted molar refractivity (Wildman–Crippen MR) is 49.0 cm³/mol. The van der Waals surface area contributed by atoms with E-state index in [2.05, 4.69) is 16.4 Å². The smallest absolute Gasteiger partial charge is 0.0299 e. The lowest BCUT2D eigenvalue weighted by molar-refractivity contribution is 0.351. The highest BCUT2D eigenvalue weighted by Gasteiger charge is 2.15. The molecule has 1 N–H and O–H groups in total. The van der Waals surface area contributed by atoms with Crippen LogP contribution in [0.15, 0.2) is 24.5 Å². The Kier molecular flexibility index (Phi) is 2.37. The van der Waals surface area contributed by atoms with Crippen molar-refractivity contribution in [3.05, 3.63) is 30.1 Å². The molecule has 1 aromatic heterocycles. The highest BCUT2D eigenvalue weighted by atomic mass is 15.0. The van der Waals surface area contributed by atoms with Crippen LogP contribution < -0.4 is 5.32 Å². The van der Waals surface area contributed by atoms with Crippen molar-refractivity contribution in [2.45, 2.75) is 25.3 Å². The van der Waals surface area contributed by atoms with Crippen LogP contribution in [0.1, 0.15) is 18.4 Å². The highest BCUT2D eigenvalue weighted by molar-refractivity contribution is 5.08. The molecule has 0 radical (unpaired) electrons. The third kappa shape index (κ3) is 1.83. The molecule has 0 amide bonds. The summed E-state index contributed by atoms with van der Waals surface area (Å²) in [7, 11) is 0. The average Bonchev–Trinajstić information content (AvgIpc) is 2.04. The fourth-order valence-electron chi connectivity index (χ4n) is 1.48. The molecule has 1 saturated heterocycles. The molecule has 1 aliphatic rings. The minimum atomic E-state index is 0.769. The molecule has 1 atom stereocenters. The van der Waals surface area contributed by atoms with Crippen molar-refractivity contribution >= 4 is 0 Å². The number of nitrogens with one attached hydrogen (secondary N) is 1. The van der Waals surface area contributed by atoms with Gasteiger partial charge in [-0.15, -0.1) is 0 Å². The predicted octanol–water partition coefficient (Wildman–Crippen LogP) is 1.38. The topological polar surface area (TPSA) is 24.9 Å². The van der Waals surface area contributed by atoms with Gasteiger partial charge in [0.2, 0.25) is 0 Å². The van der Waals surface area contributed by atoms with E-state index in [1.165, 1.54) is 24.9 Å². The van der Waals surface area contributed by atoms with Gasteiger partial charge in [-0.3, -0.25) is 4.98 Å². The minimum Gasteiger partial charge on any atom is -0.314 e. The zero-order valence-corrected chi connectivity index (χ0v) is 7.16. The van der Waals surface area contributed by atoms with Crippen LogP contribution in [0.2, 0.25) is 0 Å². The van der Waals surface area contributed by atoms with Gasteiger partial charge in [-0.2, -0.15) is 0 Å². The first-order valence-corrected chi connectivity index (χ1v) is 4.57. The quantitative estimate of drug-likeness (QED) is 0.726. The molecule has 0 spiro atoms. The van der Waals surface area contributed by atoms with Crippen LogP contribution in [0.5, 0.6) is 0 Å². The van der Waals surface area contributed by atoms with E-state index in [0.29, 0.717) is 0 Å². The summed E-state index contributed by atoms with van der Waals surface area (Å²) in [5.74, 6) is 0. The third-order valence-corrected chi connectivity index (χ3v) is 2.43. The summed E-state index contributed by atoms with van der Waals surface area (Å²) in [6.45, 7) is 1.21. The van der Waals surface area contributed by atoms with Crippen molar-refractivity contribution in [3.63, 3.8) is 0 Å². The number of hydrogen-bond donors (Lipinski definition) is 1. The molecular weight excluding hydrogens is 148 g/mol. The molecular formula is C10H14N2. The fraction of sp³-hybridized carbons (Fsp3) is 0.500. The van der Waals surface area contributed by atoms with Crippen molar-refractivity contribution in [2.75, 3.05) is 6.54 Å². The van der Waals surface area contributed by atoms with Crippen LogP contribution in [-0.2, 0) is 6.42 Å². The van der Waals surface area contributed by atoms with E-state index in [-0.39, 0.29) is 0 Å². The molecule has 0 bridgehead atoms. The Morgan fingerprint density at radius 1 is 1.58 bits per heavy atom. The van der Waals surface area contributed by atoms with Gasteiger partial charge in [0.25, 0.3) is 0 Å². The van der Waals surface area contributed by atoms with E-state index in [1.54, 1.807) is 0 Å². The molecule has 1 aliphatic heterocycles. The van der Waals surface area contributed by atoms with E-state index in [0.717, 1.165) is 12.5 Å². The summed E-state index contributed by atoms with van der Waals surface area (Å²) in [6, 6.07) is 4.92. The molecule has 64 valence electrons. The largest absolute Gasteiger partial charge is 0.314 e. The van der Waals surface area contributed by atoms with Crippen LogP contribution in [0, 0.1) is 0 Å². The number of aromatic nitrogens is 1. The molecule has 0 aromatic carbocycles. The summed E-state index contributed by atoms with van der Waals surface area (Å²) in [5.41, 5.74) is 1.35. The van der Waals surface area contributed by atoms with Gasteiger partial charge in [-0.25, -0.2) is 0 Å². The molecule has 2 heterocycles. The second-order valence-electron chi connectivity index (χ2n) is 3.34. The Morgan fingerprint density at radius 2 is 2.50 bits per heavy atom. The van der Waals surface area contributed by atoms with Crippen molar-refractivity contribution in [1.29, 1.82) is 0 Å². The Balaban J connectivity index is 1.79. The van der Waals surface area contributed by atoms with E-state index in [4.69, 9.17) is 0 Å². The molecule has 0 aliphatic carbocycles. The second kappa shape index (κ2) is 3.68. The first-order chi connectivity index (χ1) is 5.95. The molecule has 1 aromatic rings. The lowest BCUT2D eigenvalue weighted by Crippen LogP contribution is -2.42. The average molecular weight is 162 g/mol. The summed E-state index contributed by atoms with van der Waals surface area (Å²) < 4.78 is 0. The monoisotopic (exact) mass is 162 g/mol. The van der Waals surface area contributed by atoms with Gasteiger partial charge in [-0.05, 0) is 37.4 Å². The first-order valence-electron chi connectivity index (χ1n) is 4.57. The van der Waals surface area contributed by atoms with Crippen LogP contribution in [-0.4, -0.2) is 17.6 Å². The van der Waals surface area contributed by atoms with Crippen LogP contribution in [0.25, 0.3) is 0 Å². The van der Waals surface area contributed by atoms with Gasteiger partial charge >= 0.3 is 0 Å². The van der Waals surface area contributed by atoms with Crippen molar-refractivity contribution in [3.8, 4) is 0 Å². The zero-order chi connectivity index (χ0) is 8.23. The second-order valence-corrected chi connectivity index (χ2v) is 3.34. The van der Waals surface area contributed by atoms with Crippen molar-refractivity contribution < 1.29 is 0 Å². The Morgan fingerprint density at radius 3 is 3.08 bits per heavy atom. The SMILES string of the molecule is c1cncc(CC[C@@H]2CCN2)c1. The summed E-state index contributed by atoms with van der Waals surface area (Å²) in [6.07, 6.45) is 7.54. The van der Waals surface area contributed by atoms with Crippen molar-refractivity contribution in [1.82, 2.24) is 10.3 Å². The summed E-state index contributed by atoms with van der Waals surface area (Å²) >= 11 is 0. The van der Waals surface area contributed by atoms with Crippen LogP contribution in [0.4, 0.5) is 0 Å². The normalized spacial score (nSPS) is 21.8. The molecule has 0 saturated carbocycles. The molecule has 2 nitrogen and oxygen atoms in total. The summed E-state index contributed by atoms with van der Waals surface area (Å²) in [4.78, 5) is 4.09. The number of nitrogens with zero attached hydrogens (tertiary/aromatic N) is 1. The van der Waals surface area contributed by atoms with E-state index in [1.807, 2.05) is 18.5 Å². The maximum absolute atomic E-state index is 4.09. The first kappa shape index (κ1) is 7.74. The highest BCUT2D eigenvalue weighted by Crippen LogP contribution is 2.10. The fourth-order valence-corrected chi connectivity index (χ4v) is 1.48. The molecule has 0 unspecified atom stereocenters. The lowest BCUT2D eigenvalue weighted by Gasteiger charge is -2.27. The maximum Gasteiger partial charge on any atom is 0.0299 e. The van der Waals surface area contributed by atoms with Gasteiger partial charge in [0.05, 0.1) is 0 Å². The molecule has 2 heteroatoms. The van der Waals surface area contributed by atoms with Crippen molar-refractivity contribution in [2.24, 2.45) is 0 Å². The van der Waals surface area contributed by atoms with Gasteiger partial charge < -0.3 is 5.32 Å². The lowest BCUT2D eigenvalue weighted by atomic mass is 9.99. The maximum atomic E-state index is 4.09. The van der Waals surface area contributed by atoms with Gasteiger partial charge in [0, 0.05) is 18.4 Å². The molecule has 2 rings (SSSR count). The van der Waals surface area contributed by atoms with E-state index >= 15 is 0 Å². The molecule has 1 fully saturated rings. The Labute approximate surface area is 73.0 Å². The number of aryl methyl sites for hydroxylation is 1. The Bertz CT molecular complexity index is 229. The number of rotatable bonds is 3. The minimum absolute atomic E-state index is 0.769. The standard InChI is InChI=1S/C10H14N2/c1-2-9(8-11-6-1)3-4-10-5-7-12-10/h1-2,6,8,10,12H,3-5,7H2/t10-/m1/s1. The van der Waals surface area contributed by atoms with E-state index < -0.39 is 0 Å². The van der Waals surface area contributed by atoms with Gasteiger partial charge in [0.1, 0.15) is 0 Å². The number of hydrogen-bond acceptors (Lipinski definition) is 2. The van der Waals surface area contributed by atoms with Crippen LogP contribution in [0.3, 0.4) is 0 Å². The van der Waals surface area contributed by atoms with E-state index in [9.17, 15) is 0 Å². The third-order valence-electron chi connectivity index (χ3n) is 2.43.